The smallest absolute Gasteiger partial charge is 0.234 e. The van der Waals surface area contributed by atoms with Crippen molar-refractivity contribution in [2.45, 2.75) is 38.3 Å². The molecule has 0 heterocycles. The molecule has 0 radical (unpaired) electrons. The molecule has 0 saturated heterocycles. The Kier molecular flexibility index (Phi) is 7.85. The van der Waals surface area contributed by atoms with E-state index in [4.69, 9.17) is 14.2 Å². The van der Waals surface area contributed by atoms with Crippen LogP contribution >= 0.6 is 0 Å². The van der Waals surface area contributed by atoms with Crippen LogP contribution in [0.25, 0.3) is 0 Å². The van der Waals surface area contributed by atoms with Gasteiger partial charge in [0.1, 0.15) is 0 Å². The Balaban J connectivity index is 1.84. The first-order chi connectivity index (χ1) is 11.7. The van der Waals surface area contributed by atoms with E-state index in [1.165, 1.54) is 12.8 Å². The molecule has 6 heteroatoms. The van der Waals surface area contributed by atoms with E-state index in [1.807, 2.05) is 18.2 Å². The summed E-state index contributed by atoms with van der Waals surface area (Å²) in [6.45, 7) is 2.00. The molecule has 134 valence electrons. The number of ether oxygens (including phenoxy) is 3. The van der Waals surface area contributed by atoms with Crippen LogP contribution in [0, 0.1) is 0 Å². The maximum atomic E-state index is 11.8. The topological polar surface area (TPSA) is 68.8 Å². The van der Waals surface area contributed by atoms with E-state index in [9.17, 15) is 4.79 Å². The fourth-order valence-electron chi connectivity index (χ4n) is 2.75. The van der Waals surface area contributed by atoms with E-state index in [1.54, 1.807) is 14.2 Å². The number of nitrogens with one attached hydrogen (secondary N) is 2. The standard InChI is InChI=1S/C18H28N2O4/c1-22-10-9-19-13-18(21)20-12-14-7-8-16(23-2)17(11-14)24-15-5-3-4-6-15/h7-8,11,15,19H,3-6,9-10,12-13H2,1-2H3,(H,20,21). The van der Waals surface area contributed by atoms with Crippen LogP contribution in [0.15, 0.2) is 18.2 Å². The molecule has 2 N–H and O–H groups in total. The molecule has 2 rings (SSSR count). The highest BCUT2D eigenvalue weighted by molar-refractivity contribution is 5.78. The van der Waals surface area contributed by atoms with E-state index in [2.05, 4.69) is 10.6 Å². The molecule has 0 atom stereocenters. The zero-order valence-electron chi connectivity index (χ0n) is 14.6. The van der Waals surface area contributed by atoms with Crippen LogP contribution in [0.5, 0.6) is 11.5 Å². The third kappa shape index (κ3) is 6.02. The van der Waals surface area contributed by atoms with Gasteiger partial charge in [-0.25, -0.2) is 0 Å². The second-order valence-corrected chi connectivity index (χ2v) is 5.96. The summed E-state index contributed by atoms with van der Waals surface area (Å²) in [7, 11) is 3.28. The van der Waals surface area contributed by atoms with Crippen molar-refractivity contribution < 1.29 is 19.0 Å². The molecule has 1 aliphatic rings. The van der Waals surface area contributed by atoms with Gasteiger partial charge in [0.25, 0.3) is 0 Å². The third-order valence-corrected chi connectivity index (χ3v) is 4.08. The van der Waals surface area contributed by atoms with Crippen molar-refractivity contribution in [1.82, 2.24) is 10.6 Å². The van der Waals surface area contributed by atoms with Gasteiger partial charge in [0.2, 0.25) is 5.91 Å². The minimum Gasteiger partial charge on any atom is -0.493 e. The Labute approximate surface area is 143 Å². The number of rotatable bonds is 10. The molecule has 0 spiro atoms. The first-order valence-corrected chi connectivity index (χ1v) is 8.53. The molecular weight excluding hydrogens is 308 g/mol. The van der Waals surface area contributed by atoms with Crippen LogP contribution in [0.1, 0.15) is 31.2 Å². The van der Waals surface area contributed by atoms with Gasteiger partial charge in [0, 0.05) is 20.2 Å². The zero-order valence-corrected chi connectivity index (χ0v) is 14.6. The van der Waals surface area contributed by atoms with Crippen molar-refractivity contribution in [2.24, 2.45) is 0 Å². The minimum absolute atomic E-state index is 0.0415. The number of benzene rings is 1. The maximum absolute atomic E-state index is 11.8. The lowest BCUT2D eigenvalue weighted by Crippen LogP contribution is -2.34. The molecule has 1 aliphatic carbocycles. The van der Waals surface area contributed by atoms with E-state index >= 15 is 0 Å². The minimum atomic E-state index is -0.0415. The van der Waals surface area contributed by atoms with Crippen LogP contribution in [0.2, 0.25) is 0 Å². The first-order valence-electron chi connectivity index (χ1n) is 8.53. The zero-order chi connectivity index (χ0) is 17.2. The Hall–Kier alpha value is -1.79. The molecule has 1 aromatic carbocycles. The maximum Gasteiger partial charge on any atom is 0.234 e. The van der Waals surface area contributed by atoms with E-state index in [0.717, 1.165) is 29.9 Å². The Morgan fingerprint density at radius 1 is 1.21 bits per heavy atom. The van der Waals surface area contributed by atoms with E-state index < -0.39 is 0 Å². The number of carbonyl (C=O) groups is 1. The summed E-state index contributed by atoms with van der Waals surface area (Å²) in [6, 6.07) is 5.79. The molecule has 1 aromatic rings. The number of methoxy groups -OCH3 is 2. The Morgan fingerprint density at radius 2 is 2.00 bits per heavy atom. The lowest BCUT2D eigenvalue weighted by atomic mass is 10.2. The lowest BCUT2D eigenvalue weighted by Gasteiger charge is -2.17. The molecule has 0 unspecified atom stereocenters. The van der Waals surface area contributed by atoms with Crippen molar-refractivity contribution >= 4 is 5.91 Å². The Morgan fingerprint density at radius 3 is 2.71 bits per heavy atom. The van der Waals surface area contributed by atoms with Gasteiger partial charge in [-0.15, -0.1) is 0 Å². The molecular formula is C18H28N2O4. The van der Waals surface area contributed by atoms with Gasteiger partial charge in [0.05, 0.1) is 26.4 Å². The van der Waals surface area contributed by atoms with Crippen molar-refractivity contribution in [3.8, 4) is 11.5 Å². The number of hydrogen-bond acceptors (Lipinski definition) is 5. The summed E-state index contributed by atoms with van der Waals surface area (Å²) in [6.07, 6.45) is 4.90. The van der Waals surface area contributed by atoms with Gasteiger partial charge in [0.15, 0.2) is 11.5 Å². The highest BCUT2D eigenvalue weighted by Gasteiger charge is 2.18. The first kappa shape index (κ1) is 18.5. The van der Waals surface area contributed by atoms with Crippen molar-refractivity contribution in [3.63, 3.8) is 0 Å². The molecule has 1 amide bonds. The van der Waals surface area contributed by atoms with Crippen LogP contribution in [0.4, 0.5) is 0 Å². The molecule has 0 aromatic heterocycles. The second kappa shape index (κ2) is 10.2. The fourth-order valence-corrected chi connectivity index (χ4v) is 2.75. The summed E-state index contributed by atoms with van der Waals surface area (Å²) in [5.41, 5.74) is 0.994. The number of amides is 1. The van der Waals surface area contributed by atoms with Gasteiger partial charge in [-0.2, -0.15) is 0 Å². The third-order valence-electron chi connectivity index (χ3n) is 4.08. The predicted molar refractivity (Wildman–Crippen MR) is 92.5 cm³/mol. The number of carbonyl (C=O) groups excluding carboxylic acids is 1. The fraction of sp³-hybridized carbons (Fsp3) is 0.611. The van der Waals surface area contributed by atoms with E-state index in [0.29, 0.717) is 19.7 Å². The molecule has 24 heavy (non-hydrogen) atoms. The largest absolute Gasteiger partial charge is 0.493 e. The quantitative estimate of drug-likeness (QED) is 0.639. The second-order valence-electron chi connectivity index (χ2n) is 5.96. The average molecular weight is 336 g/mol. The SMILES string of the molecule is COCCNCC(=O)NCc1ccc(OC)c(OC2CCCC2)c1. The van der Waals surface area contributed by atoms with Gasteiger partial charge >= 0.3 is 0 Å². The van der Waals surface area contributed by atoms with Gasteiger partial charge in [-0.05, 0) is 43.4 Å². The van der Waals surface area contributed by atoms with Crippen LogP contribution < -0.4 is 20.1 Å². The van der Waals surface area contributed by atoms with Crippen LogP contribution in [-0.4, -0.2) is 45.9 Å². The highest BCUT2D eigenvalue weighted by Crippen LogP contribution is 2.32. The summed E-state index contributed by atoms with van der Waals surface area (Å²) in [4.78, 5) is 11.8. The van der Waals surface area contributed by atoms with Gasteiger partial charge in [-0.1, -0.05) is 6.07 Å². The van der Waals surface area contributed by atoms with Crippen molar-refractivity contribution in [1.29, 1.82) is 0 Å². The van der Waals surface area contributed by atoms with Gasteiger partial charge in [-0.3, -0.25) is 4.79 Å². The monoisotopic (exact) mass is 336 g/mol. The molecule has 1 fully saturated rings. The normalized spacial score (nSPS) is 14.6. The molecule has 0 bridgehead atoms. The summed E-state index contributed by atoms with van der Waals surface area (Å²) < 4.78 is 16.4. The summed E-state index contributed by atoms with van der Waals surface area (Å²) in [5.74, 6) is 1.45. The van der Waals surface area contributed by atoms with Crippen molar-refractivity contribution in [3.05, 3.63) is 23.8 Å². The molecule has 1 saturated carbocycles. The lowest BCUT2D eigenvalue weighted by molar-refractivity contribution is -0.120. The van der Waals surface area contributed by atoms with Crippen LogP contribution in [0.3, 0.4) is 0 Å². The van der Waals surface area contributed by atoms with Crippen LogP contribution in [-0.2, 0) is 16.1 Å². The Bertz CT molecular complexity index is 516. The summed E-state index contributed by atoms with van der Waals surface area (Å²) >= 11 is 0. The van der Waals surface area contributed by atoms with E-state index in [-0.39, 0.29) is 18.6 Å². The average Bonchev–Trinajstić information content (AvgIpc) is 3.10. The van der Waals surface area contributed by atoms with Crippen molar-refractivity contribution in [2.75, 3.05) is 33.9 Å². The molecule has 0 aliphatic heterocycles. The molecule has 6 nitrogen and oxygen atoms in total. The van der Waals surface area contributed by atoms with Gasteiger partial charge < -0.3 is 24.8 Å². The predicted octanol–water partition coefficient (Wildman–Crippen LogP) is 1.87. The highest BCUT2D eigenvalue weighted by atomic mass is 16.5. The summed E-state index contributed by atoms with van der Waals surface area (Å²) in [5, 5.41) is 5.91. The number of hydrogen-bond donors (Lipinski definition) is 2.